The Bertz CT molecular complexity index is 1270. The van der Waals surface area contributed by atoms with Crippen molar-refractivity contribution in [3.63, 3.8) is 0 Å². The molecule has 4 aromatic rings. The van der Waals surface area contributed by atoms with Gasteiger partial charge < -0.3 is 5.32 Å². The summed E-state index contributed by atoms with van der Waals surface area (Å²) < 4.78 is 3.11. The number of nitrogens with zero attached hydrogens (tertiary/aromatic N) is 4. The van der Waals surface area contributed by atoms with Crippen LogP contribution in [0.4, 0.5) is 5.69 Å². The zero-order valence-corrected chi connectivity index (χ0v) is 17.7. The van der Waals surface area contributed by atoms with Crippen LogP contribution in [0.2, 0.25) is 5.02 Å². The molecular weight excluding hydrogens is 422 g/mol. The molecule has 1 N–H and O–H groups in total. The SMILES string of the molecule is Cn1cc2nc(SCC(=O)Nc3ccccc3Cl)n(Cc3ccccc3)c(=O)c2n1. The molecule has 2 heterocycles. The topological polar surface area (TPSA) is 81.8 Å². The first-order chi connectivity index (χ1) is 14.5. The third-order valence-corrected chi connectivity index (χ3v) is 5.67. The van der Waals surface area contributed by atoms with Crippen LogP contribution in [0.15, 0.2) is 70.7 Å². The van der Waals surface area contributed by atoms with Gasteiger partial charge in [0.15, 0.2) is 10.7 Å². The molecule has 1 amide bonds. The predicted molar refractivity (Wildman–Crippen MR) is 119 cm³/mol. The van der Waals surface area contributed by atoms with Gasteiger partial charge in [-0.1, -0.05) is 65.8 Å². The molecule has 30 heavy (non-hydrogen) atoms. The Morgan fingerprint density at radius 2 is 1.87 bits per heavy atom. The van der Waals surface area contributed by atoms with Gasteiger partial charge in [0.25, 0.3) is 5.56 Å². The molecule has 0 saturated carbocycles. The first-order valence-electron chi connectivity index (χ1n) is 9.16. The predicted octanol–water partition coefficient (Wildman–Crippen LogP) is 3.56. The Kier molecular flexibility index (Phi) is 5.87. The third-order valence-electron chi connectivity index (χ3n) is 4.37. The molecule has 0 atom stereocenters. The number of anilines is 1. The summed E-state index contributed by atoms with van der Waals surface area (Å²) in [5.41, 5.74) is 2.07. The number of halogens is 1. The van der Waals surface area contributed by atoms with E-state index < -0.39 is 0 Å². The van der Waals surface area contributed by atoms with Crippen LogP contribution in [-0.2, 0) is 18.4 Å². The minimum Gasteiger partial charge on any atom is -0.324 e. The van der Waals surface area contributed by atoms with E-state index in [0.717, 1.165) is 5.56 Å². The lowest BCUT2D eigenvalue weighted by molar-refractivity contribution is -0.113. The molecule has 7 nitrogen and oxygen atoms in total. The van der Waals surface area contributed by atoms with Crippen LogP contribution in [0.5, 0.6) is 0 Å². The molecule has 0 unspecified atom stereocenters. The largest absolute Gasteiger partial charge is 0.324 e. The first kappa shape index (κ1) is 20.2. The van der Waals surface area contributed by atoms with Crippen molar-refractivity contribution in [3.05, 3.63) is 81.7 Å². The first-order valence-corrected chi connectivity index (χ1v) is 10.5. The molecular formula is C21H18ClN5O2S. The highest BCUT2D eigenvalue weighted by Gasteiger charge is 2.16. The van der Waals surface area contributed by atoms with Gasteiger partial charge in [-0.3, -0.25) is 18.8 Å². The molecule has 4 rings (SSSR count). The summed E-state index contributed by atoms with van der Waals surface area (Å²) in [7, 11) is 1.74. The molecule has 152 valence electrons. The fourth-order valence-corrected chi connectivity index (χ4v) is 3.96. The zero-order valence-electron chi connectivity index (χ0n) is 16.1. The lowest BCUT2D eigenvalue weighted by Crippen LogP contribution is -2.25. The number of rotatable bonds is 6. The molecule has 0 spiro atoms. The number of fused-ring (bicyclic) bond motifs is 1. The van der Waals surface area contributed by atoms with E-state index in [4.69, 9.17) is 11.6 Å². The van der Waals surface area contributed by atoms with E-state index in [-0.39, 0.29) is 17.2 Å². The van der Waals surface area contributed by atoms with Gasteiger partial charge in [0.1, 0.15) is 5.52 Å². The minimum atomic E-state index is -0.238. The minimum absolute atomic E-state index is 0.0816. The van der Waals surface area contributed by atoms with Crippen LogP contribution in [0.1, 0.15) is 5.56 Å². The average Bonchev–Trinajstić information content (AvgIpc) is 3.12. The Morgan fingerprint density at radius 1 is 1.13 bits per heavy atom. The van der Waals surface area contributed by atoms with Gasteiger partial charge >= 0.3 is 0 Å². The van der Waals surface area contributed by atoms with E-state index in [1.807, 2.05) is 30.3 Å². The second-order valence-electron chi connectivity index (χ2n) is 6.62. The second-order valence-corrected chi connectivity index (χ2v) is 7.97. The van der Waals surface area contributed by atoms with Crippen molar-refractivity contribution in [2.24, 2.45) is 7.05 Å². The second kappa shape index (κ2) is 8.73. The standard InChI is InChI=1S/C21H18ClN5O2S/c1-26-12-17-19(25-26)20(29)27(11-14-7-3-2-4-8-14)21(24-17)30-13-18(28)23-16-10-6-5-9-15(16)22/h2-10,12H,11,13H2,1H3,(H,23,28). The van der Waals surface area contributed by atoms with E-state index in [2.05, 4.69) is 15.4 Å². The quantitative estimate of drug-likeness (QED) is 0.367. The number of benzene rings is 2. The van der Waals surface area contributed by atoms with Crippen molar-refractivity contribution >= 4 is 46.0 Å². The number of hydrogen-bond acceptors (Lipinski definition) is 5. The van der Waals surface area contributed by atoms with Gasteiger partial charge in [0.05, 0.1) is 29.2 Å². The summed E-state index contributed by atoms with van der Waals surface area (Å²) in [6, 6.07) is 16.7. The fourth-order valence-electron chi connectivity index (χ4n) is 2.98. The van der Waals surface area contributed by atoms with Crippen molar-refractivity contribution in [3.8, 4) is 0 Å². The van der Waals surface area contributed by atoms with Crippen LogP contribution >= 0.6 is 23.4 Å². The maximum Gasteiger partial charge on any atom is 0.282 e. The Balaban J connectivity index is 1.61. The summed E-state index contributed by atoms with van der Waals surface area (Å²) in [5.74, 6) is -0.155. The highest BCUT2D eigenvalue weighted by atomic mass is 35.5. The number of carbonyl (C=O) groups is 1. The van der Waals surface area contributed by atoms with Crippen LogP contribution in [0.3, 0.4) is 0 Å². The molecule has 2 aromatic carbocycles. The molecule has 0 aliphatic heterocycles. The van der Waals surface area contributed by atoms with E-state index in [0.29, 0.717) is 33.4 Å². The van der Waals surface area contributed by atoms with Crippen molar-refractivity contribution in [2.75, 3.05) is 11.1 Å². The molecule has 0 aliphatic rings. The third kappa shape index (κ3) is 4.39. The number of aromatic nitrogens is 4. The van der Waals surface area contributed by atoms with E-state index >= 15 is 0 Å². The van der Waals surface area contributed by atoms with E-state index in [1.54, 1.807) is 46.8 Å². The van der Waals surface area contributed by atoms with Crippen molar-refractivity contribution in [2.45, 2.75) is 11.7 Å². The van der Waals surface area contributed by atoms with Gasteiger partial charge in [-0.15, -0.1) is 0 Å². The molecule has 0 radical (unpaired) electrons. The summed E-state index contributed by atoms with van der Waals surface area (Å²) in [4.78, 5) is 30.1. The summed E-state index contributed by atoms with van der Waals surface area (Å²) >= 11 is 7.30. The number of aryl methyl sites for hydroxylation is 1. The molecule has 0 saturated heterocycles. The highest BCUT2D eigenvalue weighted by molar-refractivity contribution is 7.99. The number of hydrogen-bond donors (Lipinski definition) is 1. The van der Waals surface area contributed by atoms with Gasteiger partial charge in [-0.2, -0.15) is 5.10 Å². The van der Waals surface area contributed by atoms with Crippen molar-refractivity contribution in [1.29, 1.82) is 0 Å². The van der Waals surface area contributed by atoms with Crippen LogP contribution in [0, 0.1) is 0 Å². The van der Waals surface area contributed by atoms with Gasteiger partial charge in [0.2, 0.25) is 5.91 Å². The van der Waals surface area contributed by atoms with E-state index in [1.165, 1.54) is 11.8 Å². The maximum absolute atomic E-state index is 13.1. The smallest absolute Gasteiger partial charge is 0.282 e. The number of carbonyl (C=O) groups excluding carboxylic acids is 1. The Labute approximate surface area is 181 Å². The molecule has 0 aliphatic carbocycles. The van der Waals surface area contributed by atoms with Crippen LogP contribution < -0.4 is 10.9 Å². The van der Waals surface area contributed by atoms with Gasteiger partial charge in [-0.05, 0) is 17.7 Å². The zero-order chi connectivity index (χ0) is 21.1. The lowest BCUT2D eigenvalue weighted by atomic mass is 10.2. The Morgan fingerprint density at radius 3 is 2.63 bits per heavy atom. The summed E-state index contributed by atoms with van der Waals surface area (Å²) in [6.45, 7) is 0.341. The summed E-state index contributed by atoms with van der Waals surface area (Å²) in [5, 5.41) is 7.94. The molecule has 0 fully saturated rings. The highest BCUT2D eigenvalue weighted by Crippen LogP contribution is 2.22. The van der Waals surface area contributed by atoms with Gasteiger partial charge in [-0.25, -0.2) is 4.98 Å². The Hall–Kier alpha value is -3.10. The van der Waals surface area contributed by atoms with Crippen LogP contribution in [0.25, 0.3) is 11.0 Å². The molecule has 0 bridgehead atoms. The number of amides is 1. The number of para-hydroxylation sites is 1. The number of thioether (sulfide) groups is 1. The maximum atomic E-state index is 13.1. The monoisotopic (exact) mass is 439 g/mol. The van der Waals surface area contributed by atoms with Crippen molar-refractivity contribution < 1.29 is 4.79 Å². The lowest BCUT2D eigenvalue weighted by Gasteiger charge is -2.12. The van der Waals surface area contributed by atoms with Gasteiger partial charge in [0, 0.05) is 7.05 Å². The fraction of sp³-hybridized carbons (Fsp3) is 0.143. The van der Waals surface area contributed by atoms with E-state index in [9.17, 15) is 9.59 Å². The van der Waals surface area contributed by atoms with Crippen molar-refractivity contribution in [1.82, 2.24) is 19.3 Å². The summed E-state index contributed by atoms with van der Waals surface area (Å²) in [6.07, 6.45) is 1.69. The number of nitrogens with one attached hydrogen (secondary N) is 1. The average molecular weight is 440 g/mol. The normalized spacial score (nSPS) is 11.0. The molecule has 9 heteroatoms. The van der Waals surface area contributed by atoms with Crippen LogP contribution in [-0.4, -0.2) is 31.0 Å². The molecule has 2 aromatic heterocycles.